The maximum absolute atomic E-state index is 13.0. The van der Waals surface area contributed by atoms with E-state index in [1.54, 1.807) is 0 Å². The van der Waals surface area contributed by atoms with E-state index in [4.69, 9.17) is 40.7 Å². The molecule has 60 heavy (non-hydrogen) atoms. The lowest BCUT2D eigenvalue weighted by Crippen LogP contribution is -2.66. The summed E-state index contributed by atoms with van der Waals surface area (Å²) in [7, 11) is -1.39. The Bertz CT molecular complexity index is 1440. The van der Waals surface area contributed by atoms with Gasteiger partial charge in [0.25, 0.3) is 8.53 Å². The summed E-state index contributed by atoms with van der Waals surface area (Å²) in [6.07, 6.45) is 0.470. The van der Waals surface area contributed by atoms with Crippen molar-refractivity contribution in [2.24, 2.45) is 5.41 Å². The van der Waals surface area contributed by atoms with E-state index in [2.05, 4.69) is 47.8 Å². The molecule has 0 aromatic carbocycles. The van der Waals surface area contributed by atoms with Crippen molar-refractivity contribution in [1.82, 2.24) is 20.2 Å². The van der Waals surface area contributed by atoms with Crippen LogP contribution in [0.5, 0.6) is 0 Å². The number of nitrogens with zero attached hydrogens (tertiary/aromatic N) is 3. The third-order valence-corrected chi connectivity index (χ3v) is 11.9. The normalized spacial score (nSPS) is 22.1. The fourth-order valence-electron chi connectivity index (χ4n) is 6.95. The molecular formula is C41H70N5O13P. The molecule has 18 nitrogen and oxygen atoms in total. The van der Waals surface area contributed by atoms with Crippen molar-refractivity contribution in [2.75, 3.05) is 52.6 Å². The van der Waals surface area contributed by atoms with Gasteiger partial charge in [-0.25, -0.2) is 11.2 Å². The molecule has 2 saturated heterocycles. The molecule has 2 aliphatic heterocycles. The number of hydrogen-bond donors (Lipinski definition) is 2. The molecule has 2 fully saturated rings. The maximum atomic E-state index is 13.0. The van der Waals surface area contributed by atoms with E-state index in [-0.39, 0.29) is 62.4 Å². The van der Waals surface area contributed by atoms with Crippen molar-refractivity contribution >= 4 is 44.2 Å². The molecule has 19 heteroatoms. The number of rotatable bonds is 26. The van der Waals surface area contributed by atoms with E-state index in [9.17, 15) is 28.8 Å². The Morgan fingerprint density at radius 1 is 0.883 bits per heavy atom. The van der Waals surface area contributed by atoms with Crippen molar-refractivity contribution in [3.8, 4) is 0 Å². The highest BCUT2D eigenvalue weighted by Crippen LogP contribution is 2.48. The molecule has 342 valence electrons. The predicted octanol–water partition coefficient (Wildman–Crippen LogP) is 4.43. The van der Waals surface area contributed by atoms with Crippen molar-refractivity contribution in [1.29, 1.82) is 0 Å². The summed E-state index contributed by atoms with van der Waals surface area (Å²) >= 11 is 0. The van der Waals surface area contributed by atoms with Gasteiger partial charge in [-0.3, -0.25) is 28.8 Å². The van der Waals surface area contributed by atoms with Crippen molar-refractivity contribution in [3.63, 3.8) is 0 Å². The fourth-order valence-corrected chi connectivity index (χ4v) is 8.67. The summed E-state index contributed by atoms with van der Waals surface area (Å²) in [5.74, 6) is -2.53. The lowest BCUT2D eigenvalue weighted by atomic mass is 9.81. The number of carbonyl (C=O) groups is 6. The second kappa shape index (κ2) is 27.5. The molecule has 3 amide bonds. The van der Waals surface area contributed by atoms with E-state index in [1.807, 2.05) is 4.90 Å². The zero-order chi connectivity index (χ0) is 45.5. The minimum Gasteiger partial charge on any atom is -0.463 e. The van der Waals surface area contributed by atoms with Gasteiger partial charge in [0.1, 0.15) is 25.4 Å². The van der Waals surface area contributed by atoms with Crippen LogP contribution in [0.15, 0.2) is 0 Å². The van der Waals surface area contributed by atoms with E-state index in [1.165, 1.54) is 13.8 Å². The smallest absolute Gasteiger partial charge is 0.303 e. The predicted molar refractivity (Wildman–Crippen MR) is 222 cm³/mol. The van der Waals surface area contributed by atoms with Gasteiger partial charge >= 0.3 is 17.9 Å². The molecule has 2 N–H and O–H groups in total. The second-order valence-electron chi connectivity index (χ2n) is 15.9. The van der Waals surface area contributed by atoms with Gasteiger partial charge in [-0.05, 0) is 71.6 Å². The van der Waals surface area contributed by atoms with Gasteiger partial charge in [0.2, 0.25) is 24.3 Å². The molecule has 0 saturated carbocycles. The summed E-state index contributed by atoms with van der Waals surface area (Å²) in [4.78, 5) is 78.5. The number of unbranched alkanes of at least 4 members (excludes halogenated alkanes) is 3. The minimum atomic E-state index is -1.39. The monoisotopic (exact) mass is 873 g/mol. The largest absolute Gasteiger partial charge is 0.463 e. The minimum absolute atomic E-state index is 0.0920. The Morgan fingerprint density at radius 2 is 1.53 bits per heavy atom. The number of amides is 3. The highest BCUT2D eigenvalue weighted by molar-refractivity contribution is 7.44. The SMILES string of the molecule is [3H]CC1(COP(OCC[N+]#[C-])N(C(C)C)C(C)C)CCN(C(=O)CCCCCNC(=O)CCCCO[C@@H]2O[C@H](COC(C)=O)[C@H](OC(C)=O)[C@H](OC(C)=O)[C@H]2NC(C)=O)CC1. The number of hydrogen-bond acceptors (Lipinski definition) is 14. The van der Waals surface area contributed by atoms with Crippen LogP contribution in [-0.4, -0.2) is 141 Å². The third kappa shape index (κ3) is 19.5. The average Bonchev–Trinajstić information content (AvgIpc) is 3.18. The van der Waals surface area contributed by atoms with Crippen LogP contribution < -0.4 is 10.6 Å². The van der Waals surface area contributed by atoms with E-state index in [0.717, 1.165) is 26.7 Å². The molecule has 0 aromatic rings. The summed E-state index contributed by atoms with van der Waals surface area (Å²) in [6.45, 7) is 22.7. The first-order chi connectivity index (χ1) is 28.9. The van der Waals surface area contributed by atoms with Crippen molar-refractivity contribution in [3.05, 3.63) is 11.4 Å². The molecular weight excluding hydrogens is 801 g/mol. The summed E-state index contributed by atoms with van der Waals surface area (Å²) in [5, 5.41) is 5.56. The Balaban J connectivity index is 1.75. The fraction of sp³-hybridized carbons (Fsp3) is 0.829. The highest BCUT2D eigenvalue weighted by Gasteiger charge is 2.51. The van der Waals surface area contributed by atoms with Gasteiger partial charge in [0, 0.05) is 80.2 Å². The number of ether oxygens (including phenoxy) is 5. The van der Waals surface area contributed by atoms with Crippen LogP contribution >= 0.6 is 8.53 Å². The zero-order valence-corrected chi connectivity index (χ0v) is 37.8. The van der Waals surface area contributed by atoms with Gasteiger partial charge in [-0.1, -0.05) is 13.3 Å². The number of carbonyl (C=O) groups excluding carboxylic acids is 6. The number of esters is 3. The quantitative estimate of drug-likeness (QED) is 0.0406. The van der Waals surface area contributed by atoms with Gasteiger partial charge in [-0.2, -0.15) is 0 Å². The molecule has 0 radical (unpaired) electrons. The van der Waals surface area contributed by atoms with E-state index in [0.29, 0.717) is 71.4 Å². The van der Waals surface area contributed by atoms with E-state index < -0.39 is 63.0 Å². The molecule has 2 aliphatic rings. The first-order valence-electron chi connectivity index (χ1n) is 21.7. The van der Waals surface area contributed by atoms with Crippen LogP contribution in [0.25, 0.3) is 4.85 Å². The molecule has 6 atom stereocenters. The van der Waals surface area contributed by atoms with Gasteiger partial charge in [0.05, 0.1) is 6.61 Å². The van der Waals surface area contributed by atoms with Gasteiger partial charge in [0.15, 0.2) is 18.5 Å². The third-order valence-electron chi connectivity index (χ3n) is 9.85. The molecule has 0 bridgehead atoms. The van der Waals surface area contributed by atoms with Crippen molar-refractivity contribution < 1.29 is 62.9 Å². The lowest BCUT2D eigenvalue weighted by Gasteiger charge is -2.44. The van der Waals surface area contributed by atoms with Crippen LogP contribution in [0.1, 0.15) is 121 Å². The second-order valence-corrected chi connectivity index (χ2v) is 17.3. The number of likely N-dealkylation sites (tertiary alicyclic amines) is 1. The van der Waals surface area contributed by atoms with Crippen LogP contribution in [0.4, 0.5) is 0 Å². The average molecular weight is 874 g/mol. The van der Waals surface area contributed by atoms with Crippen molar-refractivity contribution in [2.45, 2.75) is 163 Å². The van der Waals surface area contributed by atoms with Crippen LogP contribution in [0.3, 0.4) is 0 Å². The standard InChI is InChI=1S/C41H70N5O13P/c1-28(2)46(29(3)4)60(55-25-21-42-10)56-27-41(9)18-22-45(23-19-41)36(52)17-12-11-14-20-43-35(51)16-13-15-24-53-40-37(44-30(5)47)39(58-33(8)50)38(57-32(7)49)34(59-40)26-54-31(6)48/h28-29,34,37-40H,11-27H2,1-9H3,(H,43,51)(H,44,47)/t34-,37-,38+,39-,40-,60?/m1/s1/i9T. The summed E-state index contributed by atoms with van der Waals surface area (Å²) in [5.41, 5.74) is -0.365. The van der Waals surface area contributed by atoms with Gasteiger partial charge in [-0.15, -0.1) is 0 Å². The highest BCUT2D eigenvalue weighted by atomic mass is 31.2. The maximum Gasteiger partial charge on any atom is 0.303 e. The Hall–Kier alpha value is -3.46. The topological polar surface area (TPSA) is 202 Å². The zero-order valence-electron chi connectivity index (χ0n) is 37.9. The molecule has 0 spiro atoms. The molecule has 0 aliphatic carbocycles. The van der Waals surface area contributed by atoms with Crippen LogP contribution in [-0.2, 0) is 61.5 Å². The van der Waals surface area contributed by atoms with Crippen LogP contribution in [0, 0.1) is 12.0 Å². The Kier molecular flexibility index (Phi) is 23.3. The summed E-state index contributed by atoms with van der Waals surface area (Å²) < 4.78 is 50.9. The van der Waals surface area contributed by atoms with Crippen LogP contribution in [0.2, 0.25) is 0 Å². The lowest BCUT2D eigenvalue weighted by molar-refractivity contribution is -0.277. The summed E-state index contributed by atoms with van der Waals surface area (Å²) in [6, 6.07) is -0.692. The first kappa shape index (κ1) is 50.9. The molecule has 2 rings (SSSR count). The molecule has 2 heterocycles. The van der Waals surface area contributed by atoms with E-state index >= 15 is 0 Å². The molecule has 1 unspecified atom stereocenters. The number of nitrogens with one attached hydrogen (secondary N) is 2. The van der Waals surface area contributed by atoms with Gasteiger partial charge < -0.3 is 53.1 Å². The first-order valence-corrected chi connectivity index (χ1v) is 22.1. The Morgan fingerprint density at radius 3 is 2.12 bits per heavy atom. The molecule has 0 aromatic heterocycles. The Labute approximate surface area is 358 Å². The number of piperidine rings is 1.